The first-order valence-corrected chi connectivity index (χ1v) is 13.6. The summed E-state index contributed by atoms with van der Waals surface area (Å²) in [5, 5.41) is 18.7. The van der Waals surface area contributed by atoms with Crippen LogP contribution in [0.25, 0.3) is 10.9 Å². The summed E-state index contributed by atoms with van der Waals surface area (Å²) in [6.07, 6.45) is 3.02. The van der Waals surface area contributed by atoms with Crippen molar-refractivity contribution < 1.29 is 9.90 Å². The number of nitrogens with one attached hydrogen (secondary N) is 2. The van der Waals surface area contributed by atoms with Gasteiger partial charge < -0.3 is 24.6 Å². The van der Waals surface area contributed by atoms with Crippen LogP contribution in [0.5, 0.6) is 0 Å². The Morgan fingerprint density at radius 1 is 1.17 bits per heavy atom. The number of nitrogens with zero attached hydrogens (tertiary/aromatic N) is 2. The van der Waals surface area contributed by atoms with Crippen LogP contribution >= 0.6 is 11.9 Å². The maximum absolute atomic E-state index is 13.6. The summed E-state index contributed by atoms with van der Waals surface area (Å²) < 4.78 is 4.50. The van der Waals surface area contributed by atoms with Gasteiger partial charge in [0.15, 0.2) is 0 Å². The number of rotatable bonds is 10. The van der Waals surface area contributed by atoms with Crippen LogP contribution < -0.4 is 14.9 Å². The smallest absolute Gasteiger partial charge is 0.251 e. The van der Waals surface area contributed by atoms with Crippen LogP contribution in [0, 0.1) is 5.92 Å². The molecule has 6 nitrogen and oxygen atoms in total. The van der Waals surface area contributed by atoms with Gasteiger partial charge in [-0.1, -0.05) is 51.1 Å². The molecule has 0 aliphatic carbocycles. The molecule has 0 saturated carbocycles. The fourth-order valence-corrected chi connectivity index (χ4v) is 5.56. The van der Waals surface area contributed by atoms with Crippen LogP contribution in [0.15, 0.2) is 48.7 Å². The molecule has 2 atom stereocenters. The molecule has 1 aliphatic heterocycles. The molecule has 1 aliphatic rings. The van der Waals surface area contributed by atoms with Crippen LogP contribution in [0.1, 0.15) is 42.3 Å². The van der Waals surface area contributed by atoms with E-state index in [-0.39, 0.29) is 5.91 Å². The predicted molar refractivity (Wildman–Crippen MR) is 147 cm³/mol. The molecule has 0 unspecified atom stereocenters. The third-order valence-electron chi connectivity index (χ3n) is 6.62. The molecule has 0 fully saturated rings. The van der Waals surface area contributed by atoms with E-state index in [1.807, 2.05) is 42.5 Å². The Balaban J connectivity index is 1.62. The Morgan fingerprint density at radius 3 is 2.66 bits per heavy atom. The Hall–Kier alpha value is -2.48. The predicted octanol–water partition coefficient (Wildman–Crippen LogP) is 4.25. The van der Waals surface area contributed by atoms with E-state index in [0.29, 0.717) is 24.4 Å². The molecule has 35 heavy (non-hydrogen) atoms. The minimum Gasteiger partial charge on any atom is -0.390 e. The number of benzene rings is 2. The Labute approximate surface area is 213 Å². The van der Waals surface area contributed by atoms with Crippen molar-refractivity contribution >= 4 is 34.4 Å². The van der Waals surface area contributed by atoms with Gasteiger partial charge in [0.2, 0.25) is 0 Å². The van der Waals surface area contributed by atoms with E-state index >= 15 is 0 Å². The highest BCUT2D eigenvalue weighted by Gasteiger charge is 2.25. The third kappa shape index (κ3) is 6.02. The van der Waals surface area contributed by atoms with Gasteiger partial charge in [-0.05, 0) is 60.5 Å². The molecule has 0 saturated heterocycles. The second-order valence-electron chi connectivity index (χ2n) is 9.81. The molecule has 3 N–H and O–H groups in total. The molecular weight excluding hydrogens is 456 g/mol. The first kappa shape index (κ1) is 25.6. The van der Waals surface area contributed by atoms with Gasteiger partial charge in [-0.25, -0.2) is 0 Å². The van der Waals surface area contributed by atoms with Crippen molar-refractivity contribution in [2.75, 3.05) is 30.2 Å². The third-order valence-corrected chi connectivity index (χ3v) is 7.57. The minimum absolute atomic E-state index is 0.149. The highest BCUT2D eigenvalue weighted by molar-refractivity contribution is 8.00. The maximum atomic E-state index is 13.6. The van der Waals surface area contributed by atoms with Crippen molar-refractivity contribution in [2.45, 2.75) is 52.3 Å². The van der Waals surface area contributed by atoms with Gasteiger partial charge in [-0.2, -0.15) is 0 Å². The summed E-state index contributed by atoms with van der Waals surface area (Å²) in [5.74, 6) is 1.34. The van der Waals surface area contributed by atoms with Crippen LogP contribution in [0.3, 0.4) is 0 Å². The number of aliphatic hydroxyl groups is 1. The molecule has 3 aromatic rings. The topological polar surface area (TPSA) is 69.5 Å². The summed E-state index contributed by atoms with van der Waals surface area (Å²) in [6.45, 7) is 8.65. The van der Waals surface area contributed by atoms with Crippen LogP contribution in [-0.4, -0.2) is 53.6 Å². The number of carbonyl (C=O) groups excluding carboxylic acids is 1. The Morgan fingerprint density at radius 2 is 1.94 bits per heavy atom. The Bertz CT molecular complexity index is 1140. The second kappa shape index (κ2) is 11.5. The molecule has 2 heterocycles. The summed E-state index contributed by atoms with van der Waals surface area (Å²) in [7, 11) is 2.07. The van der Waals surface area contributed by atoms with E-state index in [9.17, 15) is 9.90 Å². The lowest BCUT2D eigenvalue weighted by Gasteiger charge is -2.26. The SMILES string of the molecule is CCc1cn2c3c(cc(C(=O)N[C@@H](Cc4ccccc4)[C@H](O)CNCC(C)C)cc13)N(C)SCC2. The average Bonchev–Trinajstić information content (AvgIpc) is 3.12. The minimum atomic E-state index is -0.700. The fraction of sp³-hybridized carbons (Fsp3) is 0.464. The molecule has 188 valence electrons. The maximum Gasteiger partial charge on any atom is 0.251 e. The first-order chi connectivity index (χ1) is 16.9. The van der Waals surface area contributed by atoms with Crippen molar-refractivity contribution in [2.24, 2.45) is 5.92 Å². The molecule has 7 heteroatoms. The highest BCUT2D eigenvalue weighted by atomic mass is 32.2. The number of amides is 1. The molecule has 0 spiro atoms. The monoisotopic (exact) mass is 494 g/mol. The van der Waals surface area contributed by atoms with E-state index in [1.54, 1.807) is 11.9 Å². The van der Waals surface area contributed by atoms with Crippen LogP contribution in [0.2, 0.25) is 0 Å². The summed E-state index contributed by atoms with van der Waals surface area (Å²) >= 11 is 1.77. The number of aliphatic hydroxyl groups excluding tert-OH is 1. The van der Waals surface area contributed by atoms with Crippen molar-refractivity contribution in [3.8, 4) is 0 Å². The molecule has 2 aromatic carbocycles. The fourth-order valence-electron chi connectivity index (χ4n) is 4.73. The molecular formula is C28H38N4O2S. The van der Waals surface area contributed by atoms with E-state index in [0.717, 1.165) is 41.9 Å². The summed E-state index contributed by atoms with van der Waals surface area (Å²) in [4.78, 5) is 13.6. The van der Waals surface area contributed by atoms with E-state index in [2.05, 4.69) is 53.5 Å². The number of aryl methyl sites for hydroxylation is 2. The number of aromatic nitrogens is 1. The standard InChI is InChI=1S/C28H38N4O2S/c1-5-21-18-32-11-12-35-31(4)25-15-22(14-23(21)27(25)32)28(34)30-24(13-20-9-7-6-8-10-20)26(33)17-29-16-19(2)3/h6-10,14-15,18-19,24,26,29,33H,5,11-13,16-17H2,1-4H3,(H,30,34)/t24-,26+/m0/s1. The van der Waals surface area contributed by atoms with Gasteiger partial charge in [-0.15, -0.1) is 0 Å². The van der Waals surface area contributed by atoms with E-state index in [1.165, 1.54) is 11.1 Å². The normalized spacial score (nSPS) is 15.3. The van der Waals surface area contributed by atoms with Crippen molar-refractivity contribution in [1.29, 1.82) is 0 Å². The first-order valence-electron chi connectivity index (χ1n) is 12.6. The number of hydrogen-bond donors (Lipinski definition) is 3. The average molecular weight is 495 g/mol. The number of anilines is 1. The molecule has 0 bridgehead atoms. The van der Waals surface area contributed by atoms with Gasteiger partial charge in [0, 0.05) is 43.0 Å². The van der Waals surface area contributed by atoms with E-state index < -0.39 is 12.1 Å². The van der Waals surface area contributed by atoms with Crippen molar-refractivity contribution in [1.82, 2.24) is 15.2 Å². The zero-order valence-electron chi connectivity index (χ0n) is 21.3. The second-order valence-corrected chi connectivity index (χ2v) is 11.0. The largest absolute Gasteiger partial charge is 0.390 e. The van der Waals surface area contributed by atoms with E-state index in [4.69, 9.17) is 0 Å². The van der Waals surface area contributed by atoms with Gasteiger partial charge in [-0.3, -0.25) is 4.79 Å². The quantitative estimate of drug-likeness (QED) is 0.368. The molecule has 4 rings (SSSR count). The summed E-state index contributed by atoms with van der Waals surface area (Å²) in [6, 6.07) is 13.7. The zero-order chi connectivity index (χ0) is 24.9. The summed E-state index contributed by atoms with van der Waals surface area (Å²) in [5.41, 5.74) is 5.24. The van der Waals surface area contributed by atoms with Gasteiger partial charge in [0.1, 0.15) is 0 Å². The lowest BCUT2D eigenvalue weighted by Crippen LogP contribution is -2.49. The zero-order valence-corrected chi connectivity index (χ0v) is 22.1. The molecule has 1 aromatic heterocycles. The van der Waals surface area contributed by atoms with Crippen molar-refractivity contribution in [3.05, 3.63) is 65.4 Å². The number of hydrogen-bond acceptors (Lipinski definition) is 5. The van der Waals surface area contributed by atoms with Crippen molar-refractivity contribution in [3.63, 3.8) is 0 Å². The highest BCUT2D eigenvalue weighted by Crippen LogP contribution is 2.37. The lowest BCUT2D eigenvalue weighted by atomic mass is 9.99. The van der Waals surface area contributed by atoms with Crippen LogP contribution in [0.4, 0.5) is 5.69 Å². The van der Waals surface area contributed by atoms with Gasteiger partial charge in [0.05, 0.1) is 23.3 Å². The molecule has 0 radical (unpaired) electrons. The van der Waals surface area contributed by atoms with Gasteiger partial charge >= 0.3 is 0 Å². The van der Waals surface area contributed by atoms with Crippen LogP contribution in [-0.2, 0) is 19.4 Å². The molecule has 1 amide bonds. The Kier molecular flexibility index (Phi) is 8.42. The number of carbonyl (C=O) groups is 1. The van der Waals surface area contributed by atoms with Gasteiger partial charge in [0.25, 0.3) is 5.91 Å². The lowest BCUT2D eigenvalue weighted by molar-refractivity contribution is 0.0829.